The minimum absolute atomic E-state index is 0.315. The maximum Gasteiger partial charge on any atom is 0.0434 e. The van der Waals surface area contributed by atoms with E-state index in [4.69, 9.17) is 5.11 Å². The number of aliphatic hydroxyl groups is 1. The first-order valence-electron chi connectivity index (χ1n) is 6.08. The van der Waals surface area contributed by atoms with Gasteiger partial charge in [-0.25, -0.2) is 0 Å². The molecule has 0 radical (unpaired) electrons. The van der Waals surface area contributed by atoms with Crippen LogP contribution in [0.5, 0.6) is 0 Å². The van der Waals surface area contributed by atoms with Gasteiger partial charge in [0.15, 0.2) is 0 Å². The van der Waals surface area contributed by atoms with Gasteiger partial charge in [-0.3, -0.25) is 0 Å². The molecule has 2 N–H and O–H groups in total. The number of aliphatic hydroxyl groups excluding tert-OH is 1. The van der Waals surface area contributed by atoms with Gasteiger partial charge < -0.3 is 10.4 Å². The first-order valence-corrected chi connectivity index (χ1v) is 6.08. The summed E-state index contributed by atoms with van der Waals surface area (Å²) in [5, 5.41) is 12.4. The average molecular weight is 201 g/mol. The standard InChI is InChI=1S/C12H27NO/c1-4-6-12(7-5-2)13-10-11(3)8-9-14/h11-14H,4-10H2,1-3H3. The van der Waals surface area contributed by atoms with Crippen LogP contribution >= 0.6 is 0 Å². The van der Waals surface area contributed by atoms with Crippen molar-refractivity contribution in [3.05, 3.63) is 0 Å². The second kappa shape index (κ2) is 9.47. The van der Waals surface area contributed by atoms with Gasteiger partial charge >= 0.3 is 0 Å². The lowest BCUT2D eigenvalue weighted by molar-refractivity contribution is 0.256. The number of hydrogen-bond acceptors (Lipinski definition) is 2. The smallest absolute Gasteiger partial charge is 0.0434 e. The summed E-state index contributed by atoms with van der Waals surface area (Å²) in [7, 11) is 0. The highest BCUT2D eigenvalue weighted by atomic mass is 16.3. The third-order valence-electron chi connectivity index (χ3n) is 2.65. The highest BCUT2D eigenvalue weighted by Crippen LogP contribution is 2.06. The summed E-state index contributed by atoms with van der Waals surface area (Å²) in [5.41, 5.74) is 0. The van der Waals surface area contributed by atoms with Crippen molar-refractivity contribution in [2.75, 3.05) is 13.2 Å². The predicted molar refractivity (Wildman–Crippen MR) is 62.5 cm³/mol. The third kappa shape index (κ3) is 7.34. The molecule has 0 aromatic rings. The Labute approximate surface area is 89.1 Å². The zero-order valence-corrected chi connectivity index (χ0v) is 10.1. The molecule has 0 spiro atoms. The fourth-order valence-electron chi connectivity index (χ4n) is 1.74. The monoisotopic (exact) mass is 201 g/mol. The van der Waals surface area contributed by atoms with Crippen LogP contribution in [0.15, 0.2) is 0 Å². The lowest BCUT2D eigenvalue weighted by Gasteiger charge is -2.20. The molecule has 1 unspecified atom stereocenters. The maximum atomic E-state index is 8.78. The molecule has 0 fully saturated rings. The van der Waals surface area contributed by atoms with Crippen LogP contribution in [-0.2, 0) is 0 Å². The topological polar surface area (TPSA) is 32.3 Å². The van der Waals surface area contributed by atoms with Gasteiger partial charge in [0, 0.05) is 12.6 Å². The molecule has 0 aliphatic carbocycles. The number of rotatable bonds is 9. The Hall–Kier alpha value is -0.0800. The van der Waals surface area contributed by atoms with E-state index in [-0.39, 0.29) is 0 Å². The van der Waals surface area contributed by atoms with Crippen LogP contribution < -0.4 is 5.32 Å². The second-order valence-electron chi connectivity index (χ2n) is 4.30. The third-order valence-corrected chi connectivity index (χ3v) is 2.65. The first kappa shape index (κ1) is 13.9. The average Bonchev–Trinajstić information content (AvgIpc) is 2.15. The van der Waals surface area contributed by atoms with E-state index in [9.17, 15) is 0 Å². The van der Waals surface area contributed by atoms with Gasteiger partial charge in [-0.1, -0.05) is 33.6 Å². The first-order chi connectivity index (χ1) is 6.74. The van der Waals surface area contributed by atoms with E-state index in [0.29, 0.717) is 18.6 Å². The van der Waals surface area contributed by atoms with Gasteiger partial charge in [0.25, 0.3) is 0 Å². The Bertz CT molecular complexity index is 111. The highest BCUT2D eigenvalue weighted by Gasteiger charge is 2.07. The summed E-state index contributed by atoms with van der Waals surface area (Å²) >= 11 is 0. The van der Waals surface area contributed by atoms with E-state index in [1.807, 2.05) is 0 Å². The van der Waals surface area contributed by atoms with Crippen LogP contribution in [0, 0.1) is 5.92 Å². The van der Waals surface area contributed by atoms with Crippen LogP contribution in [0.3, 0.4) is 0 Å². The molecule has 2 nitrogen and oxygen atoms in total. The summed E-state index contributed by atoms with van der Waals surface area (Å²) in [6, 6.07) is 0.686. The lowest BCUT2D eigenvalue weighted by atomic mass is 10.0. The summed E-state index contributed by atoms with van der Waals surface area (Å²) in [6.07, 6.45) is 5.98. The Balaban J connectivity index is 3.57. The van der Waals surface area contributed by atoms with E-state index in [2.05, 4.69) is 26.1 Å². The molecule has 0 aromatic carbocycles. The van der Waals surface area contributed by atoms with E-state index in [1.165, 1.54) is 25.7 Å². The Morgan fingerprint density at radius 1 is 1.07 bits per heavy atom. The summed E-state index contributed by atoms with van der Waals surface area (Å²) < 4.78 is 0. The van der Waals surface area contributed by atoms with Gasteiger partial charge in [-0.05, 0) is 31.7 Å². The summed E-state index contributed by atoms with van der Waals surface area (Å²) in [4.78, 5) is 0. The van der Waals surface area contributed by atoms with Crippen molar-refractivity contribution in [2.24, 2.45) is 5.92 Å². The molecule has 0 saturated heterocycles. The molecule has 2 heteroatoms. The Morgan fingerprint density at radius 3 is 2.07 bits per heavy atom. The van der Waals surface area contributed by atoms with Crippen molar-refractivity contribution in [1.82, 2.24) is 5.32 Å². The van der Waals surface area contributed by atoms with Gasteiger partial charge in [-0.15, -0.1) is 0 Å². The molecule has 0 aromatic heterocycles. The SMILES string of the molecule is CCCC(CCC)NCC(C)CCO. The zero-order chi connectivity index (χ0) is 10.8. The van der Waals surface area contributed by atoms with Crippen molar-refractivity contribution in [3.8, 4) is 0 Å². The van der Waals surface area contributed by atoms with Crippen molar-refractivity contribution in [3.63, 3.8) is 0 Å². The minimum atomic E-state index is 0.315. The minimum Gasteiger partial charge on any atom is -0.396 e. The van der Waals surface area contributed by atoms with Crippen LogP contribution in [0.1, 0.15) is 52.9 Å². The van der Waals surface area contributed by atoms with Gasteiger partial charge in [0.1, 0.15) is 0 Å². The van der Waals surface area contributed by atoms with Gasteiger partial charge in [-0.2, -0.15) is 0 Å². The fraction of sp³-hybridized carbons (Fsp3) is 1.00. The molecule has 0 heterocycles. The summed E-state index contributed by atoms with van der Waals surface area (Å²) in [5.74, 6) is 0.594. The van der Waals surface area contributed by atoms with E-state index in [0.717, 1.165) is 13.0 Å². The van der Waals surface area contributed by atoms with Crippen LogP contribution in [0.25, 0.3) is 0 Å². The molecular weight excluding hydrogens is 174 g/mol. The molecule has 1 atom stereocenters. The highest BCUT2D eigenvalue weighted by molar-refractivity contribution is 4.67. The van der Waals surface area contributed by atoms with E-state index in [1.54, 1.807) is 0 Å². The van der Waals surface area contributed by atoms with Crippen molar-refractivity contribution < 1.29 is 5.11 Å². The van der Waals surface area contributed by atoms with Crippen molar-refractivity contribution >= 4 is 0 Å². The number of nitrogens with one attached hydrogen (secondary N) is 1. The molecule has 0 bridgehead atoms. The van der Waals surface area contributed by atoms with Crippen LogP contribution in [-0.4, -0.2) is 24.3 Å². The Morgan fingerprint density at radius 2 is 1.64 bits per heavy atom. The number of hydrogen-bond donors (Lipinski definition) is 2. The maximum absolute atomic E-state index is 8.78. The predicted octanol–water partition coefficient (Wildman–Crippen LogP) is 2.56. The second-order valence-corrected chi connectivity index (χ2v) is 4.30. The van der Waals surface area contributed by atoms with Crippen molar-refractivity contribution in [1.29, 1.82) is 0 Å². The zero-order valence-electron chi connectivity index (χ0n) is 10.1. The molecule has 86 valence electrons. The Kier molecular flexibility index (Phi) is 9.42. The normalized spacial score (nSPS) is 13.5. The van der Waals surface area contributed by atoms with Crippen LogP contribution in [0.2, 0.25) is 0 Å². The van der Waals surface area contributed by atoms with E-state index >= 15 is 0 Å². The van der Waals surface area contributed by atoms with Crippen molar-refractivity contribution in [2.45, 2.75) is 58.9 Å². The molecule has 14 heavy (non-hydrogen) atoms. The lowest BCUT2D eigenvalue weighted by Crippen LogP contribution is -2.32. The van der Waals surface area contributed by atoms with Gasteiger partial charge in [0.05, 0.1) is 0 Å². The molecule has 0 saturated carbocycles. The van der Waals surface area contributed by atoms with Gasteiger partial charge in [0.2, 0.25) is 0 Å². The van der Waals surface area contributed by atoms with Crippen LogP contribution in [0.4, 0.5) is 0 Å². The largest absolute Gasteiger partial charge is 0.396 e. The fourth-order valence-corrected chi connectivity index (χ4v) is 1.74. The molecule has 0 rings (SSSR count). The molecular formula is C12H27NO. The molecule has 0 amide bonds. The summed E-state index contributed by atoms with van der Waals surface area (Å²) in [6.45, 7) is 8.03. The quantitative estimate of drug-likeness (QED) is 0.601. The molecule has 0 aliphatic rings. The molecule has 0 aliphatic heterocycles. The van der Waals surface area contributed by atoms with E-state index < -0.39 is 0 Å².